The average molecular weight is 462 g/mol. The minimum Gasteiger partial charge on any atom is -0.491 e. The Labute approximate surface area is 186 Å². The van der Waals surface area contributed by atoms with Gasteiger partial charge >= 0.3 is 6.36 Å². The summed E-state index contributed by atoms with van der Waals surface area (Å²) in [4.78, 5) is 26.3. The lowest BCUT2D eigenvalue weighted by Gasteiger charge is -2.18. The van der Waals surface area contributed by atoms with Gasteiger partial charge in [-0.25, -0.2) is 0 Å². The van der Waals surface area contributed by atoms with Crippen LogP contribution in [0.25, 0.3) is 16.8 Å². The number of halogens is 3. The Morgan fingerprint density at radius 3 is 2.48 bits per heavy atom. The van der Waals surface area contributed by atoms with E-state index in [-0.39, 0.29) is 18.3 Å². The number of rotatable bonds is 7. The molecule has 0 N–H and O–H groups in total. The van der Waals surface area contributed by atoms with Crippen molar-refractivity contribution in [2.24, 2.45) is 7.05 Å². The van der Waals surface area contributed by atoms with Crippen molar-refractivity contribution < 1.29 is 27.4 Å². The largest absolute Gasteiger partial charge is 0.573 e. The van der Waals surface area contributed by atoms with Gasteiger partial charge in [0, 0.05) is 55.3 Å². The fraction of sp³-hybridized carbons (Fsp3) is 0.318. The standard InChI is InChI=1S/C22H21F3N4O4/c1-27-13-15(12-26-27)18-14-29(16-4-6-17(7-5-16)33-22(23,24)25)21(31)11-19(18)32-10-9-28-8-2-3-20(28)30/h4-7,11-14H,2-3,8-10H2,1H3. The SMILES string of the molecule is Cn1cc(-c2cn(-c3ccc(OC(F)(F)F)cc3)c(=O)cc2OCCN2CCCC2=O)cn1. The molecule has 4 rings (SSSR count). The first kappa shape index (κ1) is 22.4. The number of hydrogen-bond acceptors (Lipinski definition) is 5. The van der Waals surface area contributed by atoms with Crippen LogP contribution >= 0.6 is 0 Å². The summed E-state index contributed by atoms with van der Waals surface area (Å²) in [5, 5.41) is 4.16. The first-order valence-corrected chi connectivity index (χ1v) is 10.2. The number of alkyl halides is 3. The summed E-state index contributed by atoms with van der Waals surface area (Å²) in [6.07, 6.45) is 1.47. The van der Waals surface area contributed by atoms with Crippen LogP contribution in [0.5, 0.6) is 11.5 Å². The molecule has 0 bridgehead atoms. The Morgan fingerprint density at radius 1 is 1.12 bits per heavy atom. The van der Waals surface area contributed by atoms with E-state index in [1.807, 2.05) is 0 Å². The third-order valence-electron chi connectivity index (χ3n) is 5.17. The van der Waals surface area contributed by atoms with Crippen molar-refractivity contribution in [1.29, 1.82) is 0 Å². The number of amides is 1. The van der Waals surface area contributed by atoms with Gasteiger partial charge in [0.15, 0.2) is 0 Å². The number of carbonyl (C=O) groups is 1. The lowest BCUT2D eigenvalue weighted by Crippen LogP contribution is -2.29. The molecule has 0 spiro atoms. The van der Waals surface area contributed by atoms with Crippen molar-refractivity contribution in [2.75, 3.05) is 19.7 Å². The van der Waals surface area contributed by atoms with Gasteiger partial charge in [-0.2, -0.15) is 5.10 Å². The van der Waals surface area contributed by atoms with Gasteiger partial charge in [-0.1, -0.05) is 0 Å². The molecule has 1 aromatic carbocycles. The molecule has 174 valence electrons. The Morgan fingerprint density at radius 2 is 1.88 bits per heavy atom. The number of pyridine rings is 1. The van der Waals surface area contributed by atoms with E-state index >= 15 is 0 Å². The maximum atomic E-state index is 12.8. The Hall–Kier alpha value is -3.76. The smallest absolute Gasteiger partial charge is 0.491 e. The van der Waals surface area contributed by atoms with E-state index in [1.165, 1.54) is 22.8 Å². The van der Waals surface area contributed by atoms with Gasteiger partial charge in [-0.3, -0.25) is 18.8 Å². The number of hydrogen-bond donors (Lipinski definition) is 0. The zero-order chi connectivity index (χ0) is 23.6. The zero-order valence-electron chi connectivity index (χ0n) is 17.7. The second-order valence-electron chi connectivity index (χ2n) is 7.54. The summed E-state index contributed by atoms with van der Waals surface area (Å²) in [5.74, 6) is 0.0237. The van der Waals surface area contributed by atoms with Crippen LogP contribution in [-0.2, 0) is 11.8 Å². The molecule has 0 atom stereocenters. The lowest BCUT2D eigenvalue weighted by atomic mass is 10.1. The molecule has 8 nitrogen and oxygen atoms in total. The molecule has 1 saturated heterocycles. The third kappa shape index (κ3) is 5.36. The van der Waals surface area contributed by atoms with Gasteiger partial charge in [0.2, 0.25) is 5.91 Å². The van der Waals surface area contributed by atoms with Gasteiger partial charge in [0.1, 0.15) is 18.1 Å². The second-order valence-corrected chi connectivity index (χ2v) is 7.54. The van der Waals surface area contributed by atoms with Crippen LogP contribution in [0.1, 0.15) is 12.8 Å². The van der Waals surface area contributed by atoms with Gasteiger partial charge in [0.05, 0.1) is 12.7 Å². The van der Waals surface area contributed by atoms with Crippen LogP contribution in [0.15, 0.2) is 53.7 Å². The number of likely N-dealkylation sites (tertiary alicyclic amines) is 1. The van der Waals surface area contributed by atoms with Crippen LogP contribution in [0.3, 0.4) is 0 Å². The minimum absolute atomic E-state index is 0.0828. The summed E-state index contributed by atoms with van der Waals surface area (Å²) in [6, 6.07) is 6.30. The number of ether oxygens (including phenoxy) is 2. The van der Waals surface area contributed by atoms with Crippen LogP contribution in [0.4, 0.5) is 13.2 Å². The highest BCUT2D eigenvalue weighted by molar-refractivity contribution is 5.78. The van der Waals surface area contributed by atoms with Crippen molar-refractivity contribution in [2.45, 2.75) is 19.2 Å². The molecule has 1 fully saturated rings. The second kappa shape index (κ2) is 9.00. The van der Waals surface area contributed by atoms with Crippen molar-refractivity contribution in [3.63, 3.8) is 0 Å². The quantitative estimate of drug-likeness (QED) is 0.539. The van der Waals surface area contributed by atoms with Crippen LogP contribution in [0.2, 0.25) is 0 Å². The highest BCUT2D eigenvalue weighted by atomic mass is 19.4. The highest BCUT2D eigenvalue weighted by Gasteiger charge is 2.31. The minimum atomic E-state index is -4.80. The normalized spacial score (nSPS) is 14.1. The van der Waals surface area contributed by atoms with Crippen molar-refractivity contribution in [1.82, 2.24) is 19.2 Å². The highest BCUT2D eigenvalue weighted by Crippen LogP contribution is 2.30. The topological polar surface area (TPSA) is 78.6 Å². The number of aromatic nitrogens is 3. The van der Waals surface area contributed by atoms with Crippen molar-refractivity contribution in [3.8, 4) is 28.3 Å². The van der Waals surface area contributed by atoms with Crippen LogP contribution in [-0.4, -0.2) is 51.2 Å². The van der Waals surface area contributed by atoms with Gasteiger partial charge in [-0.15, -0.1) is 13.2 Å². The first-order chi connectivity index (χ1) is 15.7. The summed E-state index contributed by atoms with van der Waals surface area (Å²) in [7, 11) is 1.75. The van der Waals surface area contributed by atoms with Gasteiger partial charge < -0.3 is 14.4 Å². The maximum Gasteiger partial charge on any atom is 0.573 e. The molecule has 0 radical (unpaired) electrons. The van der Waals surface area contributed by atoms with Crippen LogP contribution < -0.4 is 15.0 Å². The lowest BCUT2D eigenvalue weighted by molar-refractivity contribution is -0.274. The van der Waals surface area contributed by atoms with Crippen LogP contribution in [0, 0.1) is 0 Å². The molecule has 1 aliphatic heterocycles. The molecule has 0 unspecified atom stereocenters. The number of nitrogens with zero attached hydrogens (tertiary/aromatic N) is 4. The fourth-order valence-electron chi connectivity index (χ4n) is 3.63. The fourth-order valence-corrected chi connectivity index (χ4v) is 3.63. The Balaban J connectivity index is 1.62. The van der Waals surface area contributed by atoms with Gasteiger partial charge in [0.25, 0.3) is 5.56 Å². The first-order valence-electron chi connectivity index (χ1n) is 10.2. The molecule has 0 saturated carbocycles. The van der Waals surface area contributed by atoms with E-state index in [4.69, 9.17) is 4.74 Å². The summed E-state index contributed by atoms with van der Waals surface area (Å²) >= 11 is 0. The molecule has 11 heteroatoms. The molecule has 3 heterocycles. The summed E-state index contributed by atoms with van der Waals surface area (Å²) in [5.41, 5.74) is 1.19. The van der Waals surface area contributed by atoms with E-state index in [1.54, 1.807) is 35.2 Å². The maximum absolute atomic E-state index is 12.8. The molecular formula is C22H21F3N4O4. The summed E-state index contributed by atoms with van der Waals surface area (Å²) in [6.45, 7) is 1.31. The number of carbonyl (C=O) groups excluding carboxylic acids is 1. The summed E-state index contributed by atoms with van der Waals surface area (Å²) < 4.78 is 49.9. The number of benzene rings is 1. The van der Waals surface area contributed by atoms with E-state index < -0.39 is 11.9 Å². The van der Waals surface area contributed by atoms with E-state index in [0.717, 1.165) is 18.6 Å². The molecule has 1 amide bonds. The Bertz CT molecular complexity index is 1200. The molecule has 2 aromatic heterocycles. The predicted octanol–water partition coefficient (Wildman–Crippen LogP) is 3.14. The van der Waals surface area contributed by atoms with Crippen molar-refractivity contribution >= 4 is 5.91 Å². The average Bonchev–Trinajstić information content (AvgIpc) is 3.36. The van der Waals surface area contributed by atoms with E-state index in [0.29, 0.717) is 42.1 Å². The van der Waals surface area contributed by atoms with Gasteiger partial charge in [-0.05, 0) is 30.7 Å². The van der Waals surface area contributed by atoms with E-state index in [2.05, 4.69) is 9.84 Å². The molecular weight excluding hydrogens is 441 g/mol. The third-order valence-corrected chi connectivity index (χ3v) is 5.17. The Kier molecular flexibility index (Phi) is 6.12. The number of aryl methyl sites for hydroxylation is 1. The van der Waals surface area contributed by atoms with E-state index in [9.17, 15) is 22.8 Å². The molecule has 1 aliphatic rings. The molecule has 0 aliphatic carbocycles. The monoisotopic (exact) mass is 462 g/mol. The molecule has 3 aromatic rings. The predicted molar refractivity (Wildman–Crippen MR) is 112 cm³/mol. The van der Waals surface area contributed by atoms with Crippen molar-refractivity contribution in [3.05, 3.63) is 59.3 Å². The molecule has 33 heavy (non-hydrogen) atoms. The zero-order valence-corrected chi connectivity index (χ0v) is 17.7.